The fourth-order valence-electron chi connectivity index (χ4n) is 8.05. The molecule has 0 aliphatic carbocycles. The van der Waals surface area contributed by atoms with Crippen molar-refractivity contribution in [2.24, 2.45) is 12.2 Å². The average molecular weight is 944 g/mol. The fraction of sp³-hybridized carbons (Fsp3) is 0.120. The molecule has 17 heteroatoms. The molecule has 7 aromatic rings. The van der Waals surface area contributed by atoms with Gasteiger partial charge in [-0.2, -0.15) is 0 Å². The molecule has 4 heterocycles. The Morgan fingerprint density at radius 2 is 1.42 bits per heavy atom. The summed E-state index contributed by atoms with van der Waals surface area (Å²) in [6.45, 7) is 3.60. The van der Waals surface area contributed by atoms with E-state index in [1.54, 1.807) is 18.5 Å². The number of carbonyl (C=O) groups excluding carboxylic acids is 3. The highest BCUT2D eigenvalue weighted by Crippen LogP contribution is 2.44. The van der Waals surface area contributed by atoms with Gasteiger partial charge < -0.3 is 20.2 Å². The molecule has 2 aliphatic rings. The van der Waals surface area contributed by atoms with Crippen LogP contribution in [0.25, 0.3) is 4.91 Å². The molecular weight excluding hydrogens is 903 g/mol. The minimum Gasteiger partial charge on any atom is -0.448 e. The van der Waals surface area contributed by atoms with Crippen molar-refractivity contribution in [1.29, 1.82) is 0 Å². The number of anilines is 1. The molecule has 2 amide bonds. The number of rotatable bonds is 16. The summed E-state index contributed by atoms with van der Waals surface area (Å²) in [7, 11) is 1.67. The van der Waals surface area contributed by atoms with Gasteiger partial charge in [0.05, 0.1) is 4.91 Å². The second-order valence-corrected chi connectivity index (χ2v) is 17.7. The van der Waals surface area contributed by atoms with Crippen LogP contribution in [0.2, 0.25) is 0 Å². The minimum atomic E-state index is -1.06. The quantitative estimate of drug-likeness (QED) is 0.0164. The molecule has 1 fully saturated rings. The van der Waals surface area contributed by atoms with Crippen molar-refractivity contribution in [2.45, 2.75) is 23.1 Å². The third-order valence-corrected chi connectivity index (χ3v) is 13.6. The van der Waals surface area contributed by atoms with Gasteiger partial charge in [0.25, 0.3) is 11.8 Å². The molecule has 14 nitrogen and oxygen atoms in total. The number of ether oxygens (including phenoxy) is 1. The standard InChI is InChI=1S/C50H41N9O5S3/c1-3-63-55-40(38-31-67-49(51-38)53-50(35-23-13-6-14-24-35,36-25-15-7-16-26-36)37-27-17-8-18-28-37)45(60)52-41-46(61)59-42(34(30-66-47(41)59)29-39(65)44-54-56-57-58(44)2)48(62)64-43(32-19-9-4-10-20-32)33-21-11-5-12-22-33/h3-29,31,41,43,47,65H,1,30H2,2H3,(H,51,53)(H,52,60). The normalized spacial score (nSPS) is 16.2. The highest BCUT2D eigenvalue weighted by Gasteiger charge is 2.55. The Bertz CT molecular complexity index is 2870. The average Bonchev–Trinajstić information content (AvgIpc) is 4.04. The molecule has 2 atom stereocenters. The van der Waals surface area contributed by atoms with E-state index in [0.717, 1.165) is 34.1 Å². The molecule has 67 heavy (non-hydrogen) atoms. The van der Waals surface area contributed by atoms with E-state index in [9.17, 15) is 14.4 Å². The number of fused-ring (bicyclic) bond motifs is 1. The summed E-state index contributed by atoms with van der Waals surface area (Å²) < 4.78 is 7.77. The molecule has 334 valence electrons. The van der Waals surface area contributed by atoms with Crippen LogP contribution in [0.1, 0.15) is 45.4 Å². The van der Waals surface area contributed by atoms with Crippen LogP contribution in [0.15, 0.2) is 192 Å². The number of amides is 2. The Kier molecular flexibility index (Phi) is 13.2. The van der Waals surface area contributed by atoms with Crippen LogP contribution < -0.4 is 10.6 Å². The first kappa shape index (κ1) is 44.6. The van der Waals surface area contributed by atoms with Crippen molar-refractivity contribution in [3.63, 3.8) is 0 Å². The van der Waals surface area contributed by atoms with Crippen molar-refractivity contribution in [3.8, 4) is 0 Å². The first-order valence-electron chi connectivity index (χ1n) is 20.9. The minimum absolute atomic E-state index is 0.00983. The molecule has 2 unspecified atom stereocenters. The number of tetrazole rings is 1. The van der Waals surface area contributed by atoms with Crippen LogP contribution in [0.3, 0.4) is 0 Å². The molecule has 0 saturated carbocycles. The summed E-state index contributed by atoms with van der Waals surface area (Å²) in [6, 6.07) is 47.8. The van der Waals surface area contributed by atoms with Gasteiger partial charge in [-0.05, 0) is 49.9 Å². The molecular formula is C50H41N9O5S3. The maximum absolute atomic E-state index is 14.6. The van der Waals surface area contributed by atoms with Gasteiger partial charge in [0.1, 0.15) is 34.6 Å². The van der Waals surface area contributed by atoms with Gasteiger partial charge in [0.2, 0.25) is 0 Å². The summed E-state index contributed by atoms with van der Waals surface area (Å²) in [6.07, 6.45) is 1.94. The summed E-state index contributed by atoms with van der Waals surface area (Å²) in [5.41, 5.74) is 3.95. The van der Waals surface area contributed by atoms with Crippen LogP contribution in [0, 0.1) is 0 Å². The van der Waals surface area contributed by atoms with Gasteiger partial charge in [0.15, 0.2) is 22.8 Å². The van der Waals surface area contributed by atoms with Gasteiger partial charge >= 0.3 is 5.97 Å². The largest absolute Gasteiger partial charge is 0.448 e. The number of carbonyl (C=O) groups is 3. The maximum atomic E-state index is 14.6. The Morgan fingerprint density at radius 1 is 0.866 bits per heavy atom. The predicted molar refractivity (Wildman–Crippen MR) is 261 cm³/mol. The van der Waals surface area contributed by atoms with Crippen LogP contribution in [0.5, 0.6) is 0 Å². The molecule has 0 bridgehead atoms. The smallest absolute Gasteiger partial charge is 0.356 e. The molecule has 2 aromatic heterocycles. The second kappa shape index (κ2) is 19.9. The number of aryl methyl sites for hydroxylation is 1. The lowest BCUT2D eigenvalue weighted by Crippen LogP contribution is -2.71. The van der Waals surface area contributed by atoms with Crippen LogP contribution >= 0.6 is 35.7 Å². The Hall–Kier alpha value is -7.60. The lowest BCUT2D eigenvalue weighted by Gasteiger charge is -2.49. The fourth-order valence-corrected chi connectivity index (χ4v) is 10.5. The molecule has 1 saturated heterocycles. The van der Waals surface area contributed by atoms with Gasteiger partial charge in [0, 0.05) is 18.2 Å². The number of thioether (sulfide) groups is 1. The molecule has 2 aliphatic heterocycles. The SMILES string of the molecule is C=CON=C(C(=O)NC1C(=O)N2C(C(=O)OC(c3ccccc3)c3ccccc3)=C(C=C(S)c3nnnn3C)CSC12)c1csc(NC(c2ccccc2)(c2ccccc2)c2ccccc2)n1. The number of benzene rings is 5. The third-order valence-electron chi connectivity index (χ3n) is 11.2. The molecule has 2 N–H and O–H groups in total. The number of hydrogen-bond acceptors (Lipinski definition) is 14. The number of esters is 1. The highest BCUT2D eigenvalue weighted by molar-refractivity contribution is 8.00. The van der Waals surface area contributed by atoms with Crippen LogP contribution in [-0.4, -0.2) is 70.8 Å². The summed E-state index contributed by atoms with van der Waals surface area (Å²) in [4.78, 5) is 55.2. The molecule has 5 aromatic carbocycles. The van der Waals surface area contributed by atoms with E-state index in [0.29, 0.717) is 21.4 Å². The zero-order valence-corrected chi connectivity index (χ0v) is 38.3. The van der Waals surface area contributed by atoms with Crippen molar-refractivity contribution in [3.05, 3.63) is 227 Å². The van der Waals surface area contributed by atoms with Gasteiger partial charge in [-0.1, -0.05) is 163 Å². The third kappa shape index (κ3) is 9.03. The first-order valence-corrected chi connectivity index (χ1v) is 23.3. The van der Waals surface area contributed by atoms with E-state index in [2.05, 4.69) is 86.9 Å². The number of hydrogen-bond donors (Lipinski definition) is 3. The number of nitrogens with zero attached hydrogens (tertiary/aromatic N) is 7. The topological polar surface area (TPSA) is 166 Å². The number of β-lactam (4-membered cyclic amide) rings is 1. The van der Waals surface area contributed by atoms with Gasteiger partial charge in [-0.3, -0.25) is 14.5 Å². The number of thiol groups is 1. The Balaban J connectivity index is 1.01. The van der Waals surface area contributed by atoms with Crippen LogP contribution in [0.4, 0.5) is 5.13 Å². The first-order chi connectivity index (χ1) is 32.8. The molecule has 0 radical (unpaired) electrons. The zero-order chi connectivity index (χ0) is 46.3. The monoisotopic (exact) mass is 943 g/mol. The maximum Gasteiger partial charge on any atom is 0.356 e. The van der Waals surface area contributed by atoms with Crippen LogP contribution in [-0.2, 0) is 36.5 Å². The van der Waals surface area contributed by atoms with E-state index in [-0.39, 0.29) is 22.9 Å². The lowest BCUT2D eigenvalue weighted by atomic mass is 9.77. The van der Waals surface area contributed by atoms with E-state index in [1.807, 2.05) is 115 Å². The van der Waals surface area contributed by atoms with Gasteiger partial charge in [-0.25, -0.2) is 14.5 Å². The zero-order valence-electron chi connectivity index (χ0n) is 35.7. The van der Waals surface area contributed by atoms with E-state index >= 15 is 0 Å². The number of nitrogens with one attached hydrogen (secondary N) is 2. The highest BCUT2D eigenvalue weighted by atomic mass is 32.2. The van der Waals surface area contributed by atoms with Crippen molar-refractivity contribution >= 4 is 69.3 Å². The number of thiazole rings is 1. The van der Waals surface area contributed by atoms with Crippen molar-refractivity contribution < 1.29 is 24.0 Å². The number of oxime groups is 1. The summed E-state index contributed by atoms with van der Waals surface area (Å²) in [5.74, 6) is -1.41. The van der Waals surface area contributed by atoms with E-state index in [1.165, 1.54) is 32.7 Å². The van der Waals surface area contributed by atoms with Gasteiger partial charge in [-0.15, -0.1) is 40.8 Å². The van der Waals surface area contributed by atoms with Crippen molar-refractivity contribution in [2.75, 3.05) is 11.1 Å². The number of allylic oxidation sites excluding steroid dienone is 1. The Labute approximate surface area is 399 Å². The van der Waals surface area contributed by atoms with Crippen molar-refractivity contribution in [1.82, 2.24) is 35.4 Å². The molecule has 9 rings (SSSR count). The Morgan fingerprint density at radius 3 is 1.94 bits per heavy atom. The lowest BCUT2D eigenvalue weighted by molar-refractivity contribution is -0.154. The van der Waals surface area contributed by atoms with E-state index < -0.39 is 40.8 Å². The summed E-state index contributed by atoms with van der Waals surface area (Å²) in [5, 5.41) is 23.8. The predicted octanol–water partition coefficient (Wildman–Crippen LogP) is 7.89. The number of aromatic nitrogens is 5. The summed E-state index contributed by atoms with van der Waals surface area (Å²) >= 11 is 7.32. The second-order valence-electron chi connectivity index (χ2n) is 15.2. The molecule has 0 spiro atoms. The van der Waals surface area contributed by atoms with E-state index in [4.69, 9.17) is 14.6 Å².